The lowest BCUT2D eigenvalue weighted by atomic mass is 10.2. The van der Waals surface area contributed by atoms with Gasteiger partial charge in [0.05, 0.1) is 6.54 Å². The number of nitrogens with one attached hydrogen (secondary N) is 2. The third-order valence-corrected chi connectivity index (χ3v) is 5.23. The lowest BCUT2D eigenvalue weighted by Crippen LogP contribution is -2.42. The van der Waals surface area contributed by atoms with Crippen molar-refractivity contribution in [1.82, 2.24) is 10.6 Å². The van der Waals surface area contributed by atoms with Gasteiger partial charge >= 0.3 is 0 Å². The largest absolute Gasteiger partial charge is 0.357 e. The first-order valence-corrected chi connectivity index (χ1v) is 9.20. The van der Waals surface area contributed by atoms with E-state index >= 15 is 0 Å². The van der Waals surface area contributed by atoms with E-state index in [-0.39, 0.29) is 0 Å². The van der Waals surface area contributed by atoms with Crippen LogP contribution in [-0.4, -0.2) is 30.1 Å². The van der Waals surface area contributed by atoms with Crippen molar-refractivity contribution in [2.45, 2.75) is 44.0 Å². The minimum atomic E-state index is 0.534. The van der Waals surface area contributed by atoms with E-state index in [1.54, 1.807) is 0 Å². The molecule has 1 aromatic carbocycles. The maximum absolute atomic E-state index is 6.18. The first kappa shape index (κ1) is 16.5. The highest BCUT2D eigenvalue weighted by Crippen LogP contribution is 2.28. The van der Waals surface area contributed by atoms with Crippen LogP contribution in [0.1, 0.15) is 31.7 Å². The van der Waals surface area contributed by atoms with Gasteiger partial charge in [-0.25, -0.2) is 4.99 Å². The quantitative estimate of drug-likeness (QED) is 0.640. The monoisotopic (exact) mass is 325 g/mol. The average Bonchev–Trinajstić information content (AvgIpc) is 2.94. The van der Waals surface area contributed by atoms with Crippen LogP contribution in [0.4, 0.5) is 0 Å². The molecular weight excluding hydrogens is 302 g/mol. The van der Waals surface area contributed by atoms with Crippen LogP contribution in [0.15, 0.2) is 29.3 Å². The summed E-state index contributed by atoms with van der Waals surface area (Å²) in [6, 6.07) is 8.41. The van der Waals surface area contributed by atoms with Crippen molar-refractivity contribution in [3.05, 3.63) is 34.9 Å². The maximum atomic E-state index is 6.18. The molecule has 0 radical (unpaired) electrons. The lowest BCUT2D eigenvalue weighted by molar-refractivity contribution is 0.615. The lowest BCUT2D eigenvalue weighted by Gasteiger charge is -2.17. The van der Waals surface area contributed by atoms with Crippen molar-refractivity contribution in [1.29, 1.82) is 0 Å². The Balaban J connectivity index is 1.95. The highest BCUT2D eigenvalue weighted by molar-refractivity contribution is 7.99. The summed E-state index contributed by atoms with van der Waals surface area (Å²) in [5.41, 5.74) is 1.06. The Morgan fingerprint density at radius 2 is 2.19 bits per heavy atom. The fourth-order valence-electron chi connectivity index (χ4n) is 2.59. The van der Waals surface area contributed by atoms with Gasteiger partial charge < -0.3 is 10.6 Å². The van der Waals surface area contributed by atoms with Crippen molar-refractivity contribution in [3.63, 3.8) is 0 Å². The molecule has 1 saturated carbocycles. The molecule has 0 heterocycles. The number of halogens is 1. The molecule has 2 atom stereocenters. The Bertz CT molecular complexity index is 478. The second-order valence-corrected chi connectivity index (χ2v) is 6.84. The molecule has 2 unspecified atom stereocenters. The zero-order chi connectivity index (χ0) is 15.1. The molecule has 1 aliphatic rings. The molecule has 1 aromatic rings. The van der Waals surface area contributed by atoms with E-state index in [1.165, 1.54) is 19.3 Å². The normalized spacial score (nSPS) is 22.3. The van der Waals surface area contributed by atoms with Crippen LogP contribution in [0.2, 0.25) is 5.02 Å². The second-order valence-electron chi connectivity index (χ2n) is 5.30. The van der Waals surface area contributed by atoms with Crippen molar-refractivity contribution >= 4 is 29.3 Å². The molecule has 0 aromatic heterocycles. The molecule has 0 bridgehead atoms. The summed E-state index contributed by atoms with van der Waals surface area (Å²) < 4.78 is 0. The third kappa shape index (κ3) is 5.11. The molecule has 3 nitrogen and oxygen atoms in total. The predicted molar refractivity (Wildman–Crippen MR) is 94.3 cm³/mol. The van der Waals surface area contributed by atoms with Crippen LogP contribution < -0.4 is 10.6 Å². The fraction of sp³-hybridized carbons (Fsp3) is 0.562. The first-order chi connectivity index (χ1) is 10.2. The molecule has 0 amide bonds. The number of rotatable bonds is 5. The molecule has 21 heavy (non-hydrogen) atoms. The van der Waals surface area contributed by atoms with Crippen LogP contribution in [0.3, 0.4) is 0 Å². The number of aliphatic imine (C=N–C) groups is 1. The van der Waals surface area contributed by atoms with Gasteiger partial charge in [-0.2, -0.15) is 11.8 Å². The number of benzene rings is 1. The van der Waals surface area contributed by atoms with Crippen LogP contribution in [0.25, 0.3) is 0 Å². The molecule has 0 spiro atoms. The van der Waals surface area contributed by atoms with E-state index in [2.05, 4.69) is 28.8 Å². The molecule has 0 aliphatic heterocycles. The summed E-state index contributed by atoms with van der Waals surface area (Å²) >= 11 is 8.15. The Morgan fingerprint density at radius 1 is 1.38 bits per heavy atom. The van der Waals surface area contributed by atoms with Gasteiger partial charge in [-0.3, -0.25) is 0 Å². The van der Waals surface area contributed by atoms with Crippen LogP contribution in [0, 0.1) is 0 Å². The summed E-state index contributed by atoms with van der Waals surface area (Å²) in [5.74, 6) is 0.893. The van der Waals surface area contributed by atoms with E-state index in [4.69, 9.17) is 11.6 Å². The summed E-state index contributed by atoms with van der Waals surface area (Å²) in [6.45, 7) is 3.56. The SMILES string of the molecule is CCNC(=NCc1ccccc1Cl)NC1CCC(SC)C1. The van der Waals surface area contributed by atoms with E-state index in [9.17, 15) is 0 Å². The van der Waals surface area contributed by atoms with E-state index in [0.717, 1.165) is 28.3 Å². The van der Waals surface area contributed by atoms with Gasteiger partial charge in [0.15, 0.2) is 5.96 Å². The van der Waals surface area contributed by atoms with Crippen molar-refractivity contribution in [2.75, 3.05) is 12.8 Å². The zero-order valence-electron chi connectivity index (χ0n) is 12.7. The minimum Gasteiger partial charge on any atom is -0.357 e. The average molecular weight is 326 g/mol. The van der Waals surface area contributed by atoms with Crippen LogP contribution in [0.5, 0.6) is 0 Å². The summed E-state index contributed by atoms with van der Waals surface area (Å²) in [4.78, 5) is 4.66. The highest BCUT2D eigenvalue weighted by atomic mass is 35.5. The van der Waals surface area contributed by atoms with Crippen molar-refractivity contribution in [3.8, 4) is 0 Å². The molecule has 0 saturated heterocycles. The smallest absolute Gasteiger partial charge is 0.191 e. The van der Waals surface area contributed by atoms with Crippen LogP contribution >= 0.6 is 23.4 Å². The number of hydrogen-bond acceptors (Lipinski definition) is 2. The standard InChI is InChI=1S/C16H24ClN3S/c1-3-18-16(20-13-8-9-14(10-13)21-2)19-11-12-6-4-5-7-15(12)17/h4-7,13-14H,3,8-11H2,1-2H3,(H2,18,19,20). The molecule has 2 N–H and O–H groups in total. The van der Waals surface area contributed by atoms with Gasteiger partial charge in [0.25, 0.3) is 0 Å². The van der Waals surface area contributed by atoms with Gasteiger partial charge in [0, 0.05) is 22.9 Å². The number of guanidine groups is 1. The van der Waals surface area contributed by atoms with Crippen molar-refractivity contribution < 1.29 is 0 Å². The molecule has 5 heteroatoms. The maximum Gasteiger partial charge on any atom is 0.191 e. The van der Waals surface area contributed by atoms with Gasteiger partial charge in [0.1, 0.15) is 0 Å². The number of thioether (sulfide) groups is 1. The Hall–Kier alpha value is -0.870. The molecule has 116 valence electrons. The summed E-state index contributed by atoms with van der Waals surface area (Å²) in [6.07, 6.45) is 5.94. The van der Waals surface area contributed by atoms with E-state index in [0.29, 0.717) is 12.6 Å². The van der Waals surface area contributed by atoms with Crippen molar-refractivity contribution in [2.24, 2.45) is 4.99 Å². The summed E-state index contributed by atoms with van der Waals surface area (Å²) in [5, 5.41) is 8.44. The fourth-order valence-corrected chi connectivity index (χ4v) is 3.58. The molecular formula is C16H24ClN3S. The Kier molecular flexibility index (Phi) is 6.71. The second kappa shape index (κ2) is 8.54. The molecule has 2 rings (SSSR count). The van der Waals surface area contributed by atoms with Gasteiger partial charge in [-0.15, -0.1) is 0 Å². The third-order valence-electron chi connectivity index (χ3n) is 3.77. The Labute approximate surface area is 136 Å². The molecule has 1 fully saturated rings. The number of nitrogens with zero attached hydrogens (tertiary/aromatic N) is 1. The summed E-state index contributed by atoms with van der Waals surface area (Å²) in [7, 11) is 0. The van der Waals surface area contributed by atoms with Gasteiger partial charge in [-0.05, 0) is 44.1 Å². The number of hydrogen-bond donors (Lipinski definition) is 2. The molecule has 1 aliphatic carbocycles. The predicted octanol–water partition coefficient (Wildman–Crippen LogP) is 3.68. The van der Waals surface area contributed by atoms with E-state index < -0.39 is 0 Å². The minimum absolute atomic E-state index is 0.534. The van der Waals surface area contributed by atoms with E-state index in [1.807, 2.05) is 36.0 Å². The van der Waals surface area contributed by atoms with Gasteiger partial charge in [-0.1, -0.05) is 29.8 Å². The highest BCUT2D eigenvalue weighted by Gasteiger charge is 2.24. The first-order valence-electron chi connectivity index (χ1n) is 7.54. The van der Waals surface area contributed by atoms with Gasteiger partial charge in [0.2, 0.25) is 0 Å². The zero-order valence-corrected chi connectivity index (χ0v) is 14.3. The Morgan fingerprint density at radius 3 is 2.86 bits per heavy atom. The topological polar surface area (TPSA) is 36.4 Å². The van der Waals surface area contributed by atoms with Crippen LogP contribution in [-0.2, 0) is 6.54 Å².